The Morgan fingerprint density at radius 2 is 1.88 bits per heavy atom. The number of hydrogen-bond donors (Lipinski definition) is 1. The summed E-state index contributed by atoms with van der Waals surface area (Å²) in [6, 6.07) is 11.1. The summed E-state index contributed by atoms with van der Waals surface area (Å²) in [7, 11) is 0. The third kappa shape index (κ3) is 2.83. The number of nitriles is 2. The molecule has 4 nitrogen and oxygen atoms in total. The molecular formula is C12H12N4. The maximum atomic E-state index is 8.54. The predicted octanol–water partition coefficient (Wildman–Crippen LogP) is 2.63. The summed E-state index contributed by atoms with van der Waals surface area (Å²) in [5.41, 5.74) is 4.48. The van der Waals surface area contributed by atoms with Crippen LogP contribution in [0, 0.1) is 22.7 Å². The number of hydrogen-bond acceptors (Lipinski definition) is 4. The largest absolute Gasteiger partial charge is 0.276 e. The van der Waals surface area contributed by atoms with Crippen LogP contribution in [0.3, 0.4) is 0 Å². The Morgan fingerprint density at radius 3 is 2.44 bits per heavy atom. The Labute approximate surface area is 94.8 Å². The van der Waals surface area contributed by atoms with E-state index in [0.717, 1.165) is 11.3 Å². The van der Waals surface area contributed by atoms with E-state index in [1.54, 1.807) is 12.1 Å². The van der Waals surface area contributed by atoms with Crippen molar-refractivity contribution in [1.29, 1.82) is 10.5 Å². The van der Waals surface area contributed by atoms with Gasteiger partial charge in [0.05, 0.1) is 5.69 Å². The van der Waals surface area contributed by atoms with Gasteiger partial charge in [-0.3, -0.25) is 5.43 Å². The van der Waals surface area contributed by atoms with Gasteiger partial charge in [0.15, 0.2) is 0 Å². The molecule has 16 heavy (non-hydrogen) atoms. The fraction of sp³-hybridized carbons (Fsp3) is 0.250. The van der Waals surface area contributed by atoms with Gasteiger partial charge in [0.1, 0.15) is 12.1 Å². The molecule has 0 heterocycles. The summed E-state index contributed by atoms with van der Waals surface area (Å²) >= 11 is 0. The first-order valence-electron chi connectivity index (χ1n) is 4.92. The van der Waals surface area contributed by atoms with E-state index in [4.69, 9.17) is 10.5 Å². The Hall–Kier alpha value is -2.33. The minimum absolute atomic E-state index is 0.182. The SMILES string of the molecule is CC(C)c1ccccc1NN=C(C#N)C#N. The maximum Gasteiger partial charge on any atom is 0.237 e. The van der Waals surface area contributed by atoms with E-state index in [0.29, 0.717) is 5.92 Å². The minimum atomic E-state index is -0.182. The zero-order valence-corrected chi connectivity index (χ0v) is 9.23. The van der Waals surface area contributed by atoms with Gasteiger partial charge in [0.25, 0.3) is 0 Å². The third-order valence-corrected chi connectivity index (χ3v) is 2.08. The summed E-state index contributed by atoms with van der Waals surface area (Å²) in [4.78, 5) is 0. The van der Waals surface area contributed by atoms with Crippen LogP contribution < -0.4 is 5.43 Å². The van der Waals surface area contributed by atoms with Crippen LogP contribution in [0.2, 0.25) is 0 Å². The van der Waals surface area contributed by atoms with E-state index in [9.17, 15) is 0 Å². The number of hydrazone groups is 1. The van der Waals surface area contributed by atoms with Gasteiger partial charge in [-0.05, 0) is 17.5 Å². The van der Waals surface area contributed by atoms with E-state index < -0.39 is 0 Å². The first kappa shape index (κ1) is 11.7. The van der Waals surface area contributed by atoms with Gasteiger partial charge in [0, 0.05) is 0 Å². The van der Waals surface area contributed by atoms with Gasteiger partial charge in [-0.2, -0.15) is 15.6 Å². The molecule has 1 N–H and O–H groups in total. The summed E-state index contributed by atoms with van der Waals surface area (Å²) in [6.07, 6.45) is 0. The second-order valence-corrected chi connectivity index (χ2v) is 3.54. The van der Waals surface area contributed by atoms with Crippen molar-refractivity contribution in [2.24, 2.45) is 5.10 Å². The molecule has 1 rings (SSSR count). The van der Waals surface area contributed by atoms with Crippen molar-refractivity contribution in [3.63, 3.8) is 0 Å². The van der Waals surface area contributed by atoms with Crippen LogP contribution in [0.1, 0.15) is 25.3 Å². The molecule has 0 saturated heterocycles. The number of anilines is 1. The van der Waals surface area contributed by atoms with Gasteiger partial charge in [-0.25, -0.2) is 0 Å². The summed E-state index contributed by atoms with van der Waals surface area (Å²) in [6.45, 7) is 4.14. The van der Waals surface area contributed by atoms with Crippen molar-refractivity contribution < 1.29 is 0 Å². The molecule has 0 unspecified atom stereocenters. The lowest BCUT2D eigenvalue weighted by atomic mass is 10.0. The lowest BCUT2D eigenvalue weighted by molar-refractivity contribution is 0.867. The van der Waals surface area contributed by atoms with Crippen molar-refractivity contribution in [1.82, 2.24) is 0 Å². The van der Waals surface area contributed by atoms with Gasteiger partial charge in [-0.1, -0.05) is 32.0 Å². The number of rotatable bonds is 3. The smallest absolute Gasteiger partial charge is 0.237 e. The van der Waals surface area contributed by atoms with Crippen LogP contribution in [0.5, 0.6) is 0 Å². The number of para-hydroxylation sites is 1. The van der Waals surface area contributed by atoms with Crippen LogP contribution in [0.15, 0.2) is 29.4 Å². The van der Waals surface area contributed by atoms with Crippen molar-refractivity contribution in [3.8, 4) is 12.1 Å². The highest BCUT2D eigenvalue weighted by molar-refractivity contribution is 6.10. The van der Waals surface area contributed by atoms with Crippen molar-refractivity contribution >= 4 is 11.4 Å². The number of benzene rings is 1. The highest BCUT2D eigenvalue weighted by Gasteiger charge is 2.04. The molecule has 1 aromatic carbocycles. The molecule has 0 aliphatic carbocycles. The van der Waals surface area contributed by atoms with Crippen molar-refractivity contribution in [2.75, 3.05) is 5.43 Å². The van der Waals surface area contributed by atoms with Crippen LogP contribution in [0.25, 0.3) is 0 Å². The van der Waals surface area contributed by atoms with E-state index in [-0.39, 0.29) is 5.71 Å². The summed E-state index contributed by atoms with van der Waals surface area (Å²) in [5, 5.41) is 20.8. The van der Waals surface area contributed by atoms with Crippen molar-refractivity contribution in [2.45, 2.75) is 19.8 Å². The second-order valence-electron chi connectivity index (χ2n) is 3.54. The van der Waals surface area contributed by atoms with Gasteiger partial charge in [0.2, 0.25) is 5.71 Å². The second kappa shape index (κ2) is 5.53. The molecule has 0 aliphatic rings. The fourth-order valence-electron chi connectivity index (χ4n) is 1.29. The van der Waals surface area contributed by atoms with Crippen LogP contribution in [-0.2, 0) is 0 Å². The molecule has 1 aromatic rings. The van der Waals surface area contributed by atoms with Gasteiger partial charge >= 0.3 is 0 Å². The minimum Gasteiger partial charge on any atom is -0.276 e. The molecule has 0 spiro atoms. The van der Waals surface area contributed by atoms with Gasteiger partial charge in [-0.15, -0.1) is 0 Å². The standard InChI is InChI=1S/C12H12N4/c1-9(2)11-5-3-4-6-12(11)16-15-10(7-13)8-14/h3-6,9,16H,1-2H3. The molecule has 80 valence electrons. The van der Waals surface area contributed by atoms with E-state index in [1.807, 2.05) is 24.3 Å². The zero-order chi connectivity index (χ0) is 12.0. The molecule has 0 saturated carbocycles. The molecule has 0 atom stereocenters. The van der Waals surface area contributed by atoms with Crippen LogP contribution >= 0.6 is 0 Å². The van der Waals surface area contributed by atoms with Crippen molar-refractivity contribution in [3.05, 3.63) is 29.8 Å². The number of nitrogens with one attached hydrogen (secondary N) is 1. The molecule has 0 bridgehead atoms. The first-order valence-corrected chi connectivity index (χ1v) is 4.92. The molecule has 0 radical (unpaired) electrons. The lowest BCUT2D eigenvalue weighted by Gasteiger charge is -2.11. The number of nitrogens with zero attached hydrogens (tertiary/aromatic N) is 3. The fourth-order valence-corrected chi connectivity index (χ4v) is 1.29. The van der Waals surface area contributed by atoms with Crippen LogP contribution in [0.4, 0.5) is 5.69 Å². The average Bonchev–Trinajstić information content (AvgIpc) is 2.30. The Bertz CT molecular complexity index is 459. The Balaban J connectivity index is 2.95. The van der Waals surface area contributed by atoms with E-state index >= 15 is 0 Å². The topological polar surface area (TPSA) is 72.0 Å². The normalized spacial score (nSPS) is 9.06. The molecule has 0 aliphatic heterocycles. The molecular weight excluding hydrogens is 200 g/mol. The zero-order valence-electron chi connectivity index (χ0n) is 9.23. The maximum absolute atomic E-state index is 8.54. The quantitative estimate of drug-likeness (QED) is 0.618. The lowest BCUT2D eigenvalue weighted by Crippen LogP contribution is -2.00. The molecule has 4 heteroatoms. The molecule has 0 amide bonds. The third-order valence-electron chi connectivity index (χ3n) is 2.08. The van der Waals surface area contributed by atoms with Crippen LogP contribution in [-0.4, -0.2) is 5.71 Å². The summed E-state index contributed by atoms with van der Waals surface area (Å²) < 4.78 is 0. The summed E-state index contributed by atoms with van der Waals surface area (Å²) in [5.74, 6) is 0.353. The first-order chi connectivity index (χ1) is 7.69. The monoisotopic (exact) mass is 212 g/mol. The Kier molecular flexibility index (Phi) is 4.06. The predicted molar refractivity (Wildman–Crippen MR) is 62.8 cm³/mol. The highest BCUT2D eigenvalue weighted by atomic mass is 15.3. The molecule has 0 aromatic heterocycles. The Morgan fingerprint density at radius 1 is 1.25 bits per heavy atom. The molecule has 0 fully saturated rings. The van der Waals surface area contributed by atoms with E-state index in [1.165, 1.54) is 0 Å². The highest BCUT2D eigenvalue weighted by Crippen LogP contribution is 2.23. The van der Waals surface area contributed by atoms with E-state index in [2.05, 4.69) is 24.4 Å². The average molecular weight is 212 g/mol. The van der Waals surface area contributed by atoms with Gasteiger partial charge < -0.3 is 0 Å².